The van der Waals surface area contributed by atoms with Crippen molar-refractivity contribution in [3.05, 3.63) is 42.2 Å². The number of carbonyl (C=O) groups is 1. The molecule has 2 aromatic rings. The van der Waals surface area contributed by atoms with Gasteiger partial charge in [-0.25, -0.2) is 9.97 Å². The number of aromatic nitrogens is 2. The molecule has 1 aromatic heterocycles. The van der Waals surface area contributed by atoms with E-state index in [9.17, 15) is 4.79 Å². The lowest BCUT2D eigenvalue weighted by atomic mass is 9.69. The van der Waals surface area contributed by atoms with Gasteiger partial charge in [0.05, 0.1) is 12.1 Å². The van der Waals surface area contributed by atoms with Crippen LogP contribution in [0.5, 0.6) is 0 Å². The molecule has 2 aliphatic carbocycles. The number of nitrogens with one attached hydrogen (secondary N) is 3. The highest BCUT2D eigenvalue weighted by Crippen LogP contribution is 2.65. The topological polar surface area (TPSA) is 82.2 Å². The number of hydrogen-bond acceptors (Lipinski definition) is 6. The van der Waals surface area contributed by atoms with Crippen LogP contribution < -0.4 is 20.9 Å². The Labute approximate surface area is 196 Å². The van der Waals surface area contributed by atoms with Crippen molar-refractivity contribution >= 4 is 23.2 Å². The molecule has 1 amide bonds. The second-order valence-corrected chi connectivity index (χ2v) is 10.7. The highest BCUT2D eigenvalue weighted by atomic mass is 16.1. The van der Waals surface area contributed by atoms with Crippen molar-refractivity contribution in [1.82, 2.24) is 20.6 Å². The number of amides is 1. The van der Waals surface area contributed by atoms with Crippen molar-refractivity contribution < 1.29 is 4.79 Å². The minimum absolute atomic E-state index is 0.0506. The average molecular weight is 449 g/mol. The molecule has 1 aliphatic heterocycles. The van der Waals surface area contributed by atoms with Crippen LogP contribution in [0, 0.1) is 16.7 Å². The van der Waals surface area contributed by atoms with E-state index >= 15 is 0 Å². The van der Waals surface area contributed by atoms with Crippen LogP contribution in [0.25, 0.3) is 0 Å². The number of carbonyl (C=O) groups excluding carboxylic acids is 1. The van der Waals surface area contributed by atoms with Gasteiger partial charge < -0.3 is 20.9 Å². The summed E-state index contributed by atoms with van der Waals surface area (Å²) >= 11 is 0. The maximum Gasteiger partial charge on any atom is 0.227 e. The first kappa shape index (κ1) is 22.1. The van der Waals surface area contributed by atoms with E-state index < -0.39 is 0 Å². The molecule has 1 aromatic carbocycles. The highest BCUT2D eigenvalue weighted by Gasteiger charge is 2.61. The zero-order valence-electron chi connectivity index (χ0n) is 20.0. The fourth-order valence-electron chi connectivity index (χ4n) is 6.19. The SMILES string of the molecule is CC1(C)C2CCC1(C)C(NC(=O)Cc1ccnc(Nc3ccc(N4CCNCC4)cc3)n1)C2. The molecule has 2 bridgehead atoms. The maximum absolute atomic E-state index is 12.9. The zero-order chi connectivity index (χ0) is 23.1. The van der Waals surface area contributed by atoms with Crippen LogP contribution in [0.1, 0.15) is 45.7 Å². The van der Waals surface area contributed by atoms with Crippen molar-refractivity contribution in [2.45, 2.75) is 52.5 Å². The van der Waals surface area contributed by atoms with Gasteiger partial charge in [0, 0.05) is 49.8 Å². The van der Waals surface area contributed by atoms with Crippen LogP contribution >= 0.6 is 0 Å². The van der Waals surface area contributed by atoms with E-state index in [1.54, 1.807) is 6.20 Å². The number of anilines is 3. The predicted molar refractivity (Wildman–Crippen MR) is 132 cm³/mol. The van der Waals surface area contributed by atoms with E-state index in [0.717, 1.165) is 44.0 Å². The fourth-order valence-corrected chi connectivity index (χ4v) is 6.19. The van der Waals surface area contributed by atoms with E-state index in [4.69, 9.17) is 0 Å². The smallest absolute Gasteiger partial charge is 0.227 e. The number of hydrogen-bond donors (Lipinski definition) is 3. The molecule has 0 radical (unpaired) electrons. The van der Waals surface area contributed by atoms with Gasteiger partial charge in [0.25, 0.3) is 0 Å². The molecule has 7 heteroatoms. The number of fused-ring (bicyclic) bond motifs is 2. The highest BCUT2D eigenvalue weighted by molar-refractivity contribution is 5.78. The molecule has 5 rings (SSSR count). The molecule has 2 saturated carbocycles. The lowest BCUT2D eigenvalue weighted by Gasteiger charge is -2.39. The first-order valence-corrected chi connectivity index (χ1v) is 12.3. The molecule has 3 atom stereocenters. The minimum Gasteiger partial charge on any atom is -0.369 e. The largest absolute Gasteiger partial charge is 0.369 e. The summed E-state index contributed by atoms with van der Waals surface area (Å²) in [5.74, 6) is 1.28. The Kier molecular flexibility index (Phi) is 5.77. The van der Waals surface area contributed by atoms with Gasteiger partial charge in [-0.3, -0.25) is 4.79 Å². The molecule has 0 spiro atoms. The third kappa shape index (κ3) is 4.19. The third-order valence-electron chi connectivity index (χ3n) is 8.79. The summed E-state index contributed by atoms with van der Waals surface area (Å²) in [6.07, 6.45) is 5.57. The molecule has 3 N–H and O–H groups in total. The molecule has 1 saturated heterocycles. The Morgan fingerprint density at radius 1 is 1.15 bits per heavy atom. The Hall–Kier alpha value is -2.67. The summed E-state index contributed by atoms with van der Waals surface area (Å²) in [6.45, 7) is 11.2. The van der Waals surface area contributed by atoms with Crippen LogP contribution in [0.2, 0.25) is 0 Å². The monoisotopic (exact) mass is 448 g/mol. The van der Waals surface area contributed by atoms with Crippen molar-refractivity contribution in [3.8, 4) is 0 Å². The summed E-state index contributed by atoms with van der Waals surface area (Å²) in [7, 11) is 0. The average Bonchev–Trinajstić information content (AvgIpc) is 3.14. The van der Waals surface area contributed by atoms with E-state index in [1.165, 1.54) is 18.5 Å². The molecule has 7 nitrogen and oxygen atoms in total. The van der Waals surface area contributed by atoms with Gasteiger partial charge in [0.15, 0.2) is 0 Å². The van der Waals surface area contributed by atoms with Gasteiger partial charge in [-0.1, -0.05) is 20.8 Å². The number of nitrogens with zero attached hydrogens (tertiary/aromatic N) is 3. The zero-order valence-corrected chi connectivity index (χ0v) is 20.0. The molecule has 3 unspecified atom stereocenters. The standard InChI is InChI=1S/C26H36N6O/c1-25(2)18-8-10-26(25,3)22(16-18)31-23(33)17-20-9-11-28-24(30-20)29-19-4-6-21(7-5-19)32-14-12-27-13-15-32/h4-7,9,11,18,22,27H,8,10,12-17H2,1-3H3,(H,31,33)(H,28,29,30). The lowest BCUT2D eigenvalue weighted by Crippen LogP contribution is -2.47. The molecule has 3 aliphatic rings. The molecular formula is C26H36N6O. The van der Waals surface area contributed by atoms with Crippen molar-refractivity contribution in [3.63, 3.8) is 0 Å². The first-order valence-electron chi connectivity index (χ1n) is 12.3. The molecule has 3 fully saturated rings. The minimum atomic E-state index is 0.0506. The normalized spacial score (nSPS) is 28.0. The van der Waals surface area contributed by atoms with Crippen LogP contribution in [0.4, 0.5) is 17.3 Å². The maximum atomic E-state index is 12.9. The van der Waals surface area contributed by atoms with Gasteiger partial charge in [-0.2, -0.15) is 0 Å². The van der Waals surface area contributed by atoms with Crippen LogP contribution in [-0.4, -0.2) is 48.1 Å². The summed E-state index contributed by atoms with van der Waals surface area (Å²) in [5.41, 5.74) is 3.37. The number of piperazine rings is 1. The van der Waals surface area contributed by atoms with Gasteiger partial charge >= 0.3 is 0 Å². The van der Waals surface area contributed by atoms with Gasteiger partial charge in [-0.05, 0) is 66.3 Å². The van der Waals surface area contributed by atoms with Crippen molar-refractivity contribution in [2.75, 3.05) is 36.4 Å². The summed E-state index contributed by atoms with van der Waals surface area (Å²) in [6, 6.07) is 10.4. The first-order chi connectivity index (χ1) is 15.8. The quantitative estimate of drug-likeness (QED) is 0.628. The van der Waals surface area contributed by atoms with E-state index in [0.29, 0.717) is 11.9 Å². The second kappa shape index (κ2) is 8.60. The molecule has 176 valence electrons. The number of benzene rings is 1. The van der Waals surface area contributed by atoms with Crippen LogP contribution in [0.15, 0.2) is 36.5 Å². The fraction of sp³-hybridized carbons (Fsp3) is 0.577. The Balaban J connectivity index is 1.19. The summed E-state index contributed by atoms with van der Waals surface area (Å²) in [4.78, 5) is 24.2. The van der Waals surface area contributed by atoms with E-state index in [-0.39, 0.29) is 29.2 Å². The lowest BCUT2D eigenvalue weighted by molar-refractivity contribution is -0.122. The predicted octanol–water partition coefficient (Wildman–Crippen LogP) is 3.50. The molecule has 2 heterocycles. The molecule has 33 heavy (non-hydrogen) atoms. The number of rotatable bonds is 6. The van der Waals surface area contributed by atoms with Gasteiger partial charge in [0.1, 0.15) is 0 Å². The molecular weight excluding hydrogens is 412 g/mol. The van der Waals surface area contributed by atoms with Crippen molar-refractivity contribution in [2.24, 2.45) is 16.7 Å². The summed E-state index contributed by atoms with van der Waals surface area (Å²) < 4.78 is 0. The van der Waals surface area contributed by atoms with E-state index in [2.05, 4.69) is 75.9 Å². The van der Waals surface area contributed by atoms with Gasteiger partial charge in [0.2, 0.25) is 11.9 Å². The van der Waals surface area contributed by atoms with E-state index in [1.807, 2.05) is 6.07 Å². The Morgan fingerprint density at radius 3 is 2.58 bits per heavy atom. The summed E-state index contributed by atoms with van der Waals surface area (Å²) in [5, 5.41) is 9.99. The third-order valence-corrected chi connectivity index (χ3v) is 8.79. The van der Waals surface area contributed by atoms with Crippen LogP contribution in [-0.2, 0) is 11.2 Å². The Bertz CT molecular complexity index is 1000. The van der Waals surface area contributed by atoms with Crippen LogP contribution in [0.3, 0.4) is 0 Å². The Morgan fingerprint density at radius 2 is 1.91 bits per heavy atom. The second-order valence-electron chi connectivity index (χ2n) is 10.7. The van der Waals surface area contributed by atoms with Crippen molar-refractivity contribution in [1.29, 1.82) is 0 Å². The van der Waals surface area contributed by atoms with Gasteiger partial charge in [-0.15, -0.1) is 0 Å².